The molecule has 0 unspecified atom stereocenters. The highest BCUT2D eigenvalue weighted by atomic mass is 19.4. The monoisotopic (exact) mass is 367 g/mol. The molecule has 0 aliphatic rings. The average Bonchev–Trinajstić information content (AvgIpc) is 2.55. The molecule has 0 aliphatic carbocycles. The Morgan fingerprint density at radius 2 is 1.65 bits per heavy atom. The summed E-state index contributed by atoms with van der Waals surface area (Å²) in [6.45, 7) is 0. The lowest BCUT2D eigenvalue weighted by molar-refractivity contribution is -0.274. The van der Waals surface area contributed by atoms with Gasteiger partial charge in [0.1, 0.15) is 5.75 Å². The normalized spacial score (nSPS) is 12.3. The third-order valence-electron chi connectivity index (χ3n) is 3.47. The van der Waals surface area contributed by atoms with Crippen LogP contribution in [0.5, 0.6) is 5.75 Å². The zero-order valence-electron chi connectivity index (χ0n) is 13.5. The summed E-state index contributed by atoms with van der Waals surface area (Å²) < 4.78 is 40.2. The molecule has 5 nitrogen and oxygen atoms in total. The lowest BCUT2D eigenvalue weighted by Gasteiger charge is -2.15. The topological polar surface area (TPSA) is 75.6 Å². The van der Waals surface area contributed by atoms with Gasteiger partial charge in [0, 0.05) is 5.69 Å². The van der Waals surface area contributed by atoms with Crippen molar-refractivity contribution in [2.45, 2.75) is 19.2 Å². The minimum Gasteiger partial charge on any atom is -0.481 e. The van der Waals surface area contributed by atoms with Crippen LogP contribution in [0.2, 0.25) is 0 Å². The summed E-state index contributed by atoms with van der Waals surface area (Å²) in [6.07, 6.45) is -4.93. The molecule has 0 spiro atoms. The summed E-state index contributed by atoms with van der Waals surface area (Å²) in [5.74, 6) is -2.88. The molecule has 0 heterocycles. The molecule has 26 heavy (non-hydrogen) atoms. The minimum absolute atomic E-state index is 0.230. The van der Waals surface area contributed by atoms with E-state index in [1.165, 1.54) is 12.1 Å². The Bertz CT molecular complexity index is 745. The highest BCUT2D eigenvalue weighted by molar-refractivity contribution is 5.94. The van der Waals surface area contributed by atoms with E-state index in [4.69, 9.17) is 5.11 Å². The number of alkyl halides is 3. The summed E-state index contributed by atoms with van der Waals surface area (Å²) in [6, 6.07) is 13.6. The standard InChI is InChI=1S/C18H16F3NO4/c19-18(20,21)26-15-8-6-14(7-9-15)22-17(25)13(11-16(23)24)10-12-4-2-1-3-5-12/h1-9,13H,10-11H2,(H,22,25)(H,23,24)/t13-/m0/s1. The minimum atomic E-state index is -4.80. The van der Waals surface area contributed by atoms with Crippen LogP contribution in [0.3, 0.4) is 0 Å². The number of carboxylic acids is 1. The van der Waals surface area contributed by atoms with Crippen LogP contribution in [0, 0.1) is 5.92 Å². The first kappa shape index (κ1) is 19.3. The molecule has 0 aliphatic heterocycles. The predicted octanol–water partition coefficient (Wildman–Crippen LogP) is 3.86. The Morgan fingerprint density at radius 1 is 1.04 bits per heavy atom. The van der Waals surface area contributed by atoms with Gasteiger partial charge in [-0.3, -0.25) is 9.59 Å². The van der Waals surface area contributed by atoms with E-state index < -0.39 is 29.9 Å². The fourth-order valence-electron chi connectivity index (χ4n) is 2.35. The molecule has 0 bridgehead atoms. The smallest absolute Gasteiger partial charge is 0.481 e. The molecule has 2 aromatic rings. The summed E-state index contributed by atoms with van der Waals surface area (Å²) in [5.41, 5.74) is 1.05. The Morgan fingerprint density at radius 3 is 2.19 bits per heavy atom. The van der Waals surface area contributed by atoms with Crippen LogP contribution in [-0.2, 0) is 16.0 Å². The summed E-state index contributed by atoms with van der Waals surface area (Å²) >= 11 is 0. The molecular formula is C18H16F3NO4. The number of anilines is 1. The number of rotatable bonds is 7. The van der Waals surface area contributed by atoms with Crippen molar-refractivity contribution in [3.05, 3.63) is 60.2 Å². The number of hydrogen-bond donors (Lipinski definition) is 2. The fourth-order valence-corrected chi connectivity index (χ4v) is 2.35. The second-order valence-electron chi connectivity index (χ2n) is 5.55. The molecule has 0 radical (unpaired) electrons. The SMILES string of the molecule is O=C(O)C[C@H](Cc1ccccc1)C(=O)Nc1ccc(OC(F)(F)F)cc1. The van der Waals surface area contributed by atoms with Crippen LogP contribution in [0.15, 0.2) is 54.6 Å². The van der Waals surface area contributed by atoms with Crippen LogP contribution in [0.4, 0.5) is 18.9 Å². The molecule has 2 aromatic carbocycles. The molecule has 0 fully saturated rings. The van der Waals surface area contributed by atoms with Gasteiger partial charge in [0.2, 0.25) is 5.91 Å². The van der Waals surface area contributed by atoms with E-state index in [0.717, 1.165) is 17.7 Å². The summed E-state index contributed by atoms with van der Waals surface area (Å²) in [5, 5.41) is 11.5. The van der Waals surface area contributed by atoms with Gasteiger partial charge in [-0.1, -0.05) is 30.3 Å². The first-order valence-electron chi connectivity index (χ1n) is 7.65. The number of carboxylic acid groups (broad SMARTS) is 1. The van der Waals surface area contributed by atoms with Crippen molar-refractivity contribution in [3.63, 3.8) is 0 Å². The van der Waals surface area contributed by atoms with E-state index in [2.05, 4.69) is 10.1 Å². The van der Waals surface area contributed by atoms with E-state index in [0.29, 0.717) is 0 Å². The van der Waals surface area contributed by atoms with Gasteiger partial charge in [-0.25, -0.2) is 0 Å². The van der Waals surface area contributed by atoms with Gasteiger partial charge in [0.15, 0.2) is 0 Å². The van der Waals surface area contributed by atoms with Crippen LogP contribution in [0.25, 0.3) is 0 Å². The molecule has 0 saturated heterocycles. The molecule has 1 atom stereocenters. The van der Waals surface area contributed by atoms with Gasteiger partial charge < -0.3 is 15.2 Å². The Balaban J connectivity index is 2.05. The van der Waals surface area contributed by atoms with Gasteiger partial charge >= 0.3 is 12.3 Å². The molecule has 1 amide bonds. The Labute approximate surface area is 147 Å². The maximum Gasteiger partial charge on any atom is 0.573 e. The number of hydrogen-bond acceptors (Lipinski definition) is 3. The van der Waals surface area contributed by atoms with Crippen molar-refractivity contribution in [1.82, 2.24) is 0 Å². The van der Waals surface area contributed by atoms with Gasteiger partial charge in [0.25, 0.3) is 0 Å². The van der Waals surface area contributed by atoms with Crippen molar-refractivity contribution in [2.75, 3.05) is 5.32 Å². The summed E-state index contributed by atoms with van der Waals surface area (Å²) in [7, 11) is 0. The molecular weight excluding hydrogens is 351 g/mol. The quantitative estimate of drug-likeness (QED) is 0.779. The molecule has 8 heteroatoms. The number of carbonyl (C=O) groups excluding carboxylic acids is 1. The molecule has 138 valence electrons. The predicted molar refractivity (Wildman–Crippen MR) is 87.6 cm³/mol. The zero-order valence-corrected chi connectivity index (χ0v) is 13.5. The Hall–Kier alpha value is -3.03. The van der Waals surface area contributed by atoms with Gasteiger partial charge in [-0.2, -0.15) is 0 Å². The van der Waals surface area contributed by atoms with Crippen molar-refractivity contribution in [1.29, 1.82) is 0 Å². The van der Waals surface area contributed by atoms with Crippen LogP contribution < -0.4 is 10.1 Å². The number of benzene rings is 2. The molecule has 0 saturated carbocycles. The lowest BCUT2D eigenvalue weighted by atomic mass is 9.95. The van der Waals surface area contributed by atoms with Gasteiger partial charge in [0.05, 0.1) is 12.3 Å². The van der Waals surface area contributed by atoms with Crippen LogP contribution in [-0.4, -0.2) is 23.3 Å². The third kappa shape index (κ3) is 6.46. The highest BCUT2D eigenvalue weighted by Crippen LogP contribution is 2.24. The van der Waals surface area contributed by atoms with E-state index in [1.54, 1.807) is 30.3 Å². The van der Waals surface area contributed by atoms with Gasteiger partial charge in [-0.05, 0) is 36.2 Å². The third-order valence-corrected chi connectivity index (χ3v) is 3.47. The van der Waals surface area contributed by atoms with Crippen molar-refractivity contribution < 1.29 is 32.6 Å². The Kier molecular flexibility index (Phi) is 6.21. The maximum absolute atomic E-state index is 12.4. The number of aliphatic carboxylic acids is 1. The first-order valence-corrected chi connectivity index (χ1v) is 7.65. The van der Waals surface area contributed by atoms with Gasteiger partial charge in [-0.15, -0.1) is 13.2 Å². The number of ether oxygens (including phenoxy) is 1. The van der Waals surface area contributed by atoms with E-state index >= 15 is 0 Å². The number of halogens is 3. The second-order valence-corrected chi connectivity index (χ2v) is 5.55. The number of nitrogens with one attached hydrogen (secondary N) is 1. The second kappa shape index (κ2) is 8.37. The van der Waals surface area contributed by atoms with Crippen LogP contribution in [0.1, 0.15) is 12.0 Å². The fraction of sp³-hybridized carbons (Fsp3) is 0.222. The molecule has 2 rings (SSSR count). The van der Waals surface area contributed by atoms with Crippen molar-refractivity contribution in [2.24, 2.45) is 5.92 Å². The zero-order chi connectivity index (χ0) is 19.2. The van der Waals surface area contributed by atoms with Crippen LogP contribution >= 0.6 is 0 Å². The van der Waals surface area contributed by atoms with E-state index in [1.807, 2.05) is 0 Å². The van der Waals surface area contributed by atoms with Crippen molar-refractivity contribution >= 4 is 17.6 Å². The summed E-state index contributed by atoms with van der Waals surface area (Å²) in [4.78, 5) is 23.4. The van der Waals surface area contributed by atoms with Crippen molar-refractivity contribution in [3.8, 4) is 5.75 Å². The number of amides is 1. The molecule has 0 aromatic heterocycles. The van der Waals surface area contributed by atoms with E-state index in [-0.39, 0.29) is 18.5 Å². The largest absolute Gasteiger partial charge is 0.573 e. The average molecular weight is 367 g/mol. The van der Waals surface area contributed by atoms with E-state index in [9.17, 15) is 22.8 Å². The first-order chi connectivity index (χ1) is 12.2. The highest BCUT2D eigenvalue weighted by Gasteiger charge is 2.31. The number of carbonyl (C=O) groups is 2. The lowest BCUT2D eigenvalue weighted by Crippen LogP contribution is -2.27. The maximum atomic E-state index is 12.4. The molecule has 2 N–H and O–H groups in total.